The summed E-state index contributed by atoms with van der Waals surface area (Å²) in [7, 11) is 1.26. The van der Waals surface area contributed by atoms with Crippen molar-refractivity contribution in [3.63, 3.8) is 0 Å². The number of halogens is 3. The van der Waals surface area contributed by atoms with E-state index in [1.54, 1.807) is 32.9 Å². The third-order valence-electron chi connectivity index (χ3n) is 6.67. The lowest BCUT2D eigenvalue weighted by molar-refractivity contribution is -0.137. The molecule has 4 rings (SSSR count). The molecule has 0 radical (unpaired) electrons. The molecule has 3 aromatic rings. The second-order valence-electron chi connectivity index (χ2n) is 11.2. The predicted octanol–water partition coefficient (Wildman–Crippen LogP) is 4.68. The van der Waals surface area contributed by atoms with E-state index in [4.69, 9.17) is 15.2 Å². The Morgan fingerprint density at radius 1 is 1.07 bits per heavy atom. The Kier molecular flexibility index (Phi) is 8.64. The van der Waals surface area contributed by atoms with Crippen LogP contribution in [0.15, 0.2) is 36.7 Å². The Morgan fingerprint density at radius 2 is 1.77 bits per heavy atom. The van der Waals surface area contributed by atoms with Gasteiger partial charge in [0, 0.05) is 30.9 Å². The molecule has 12 nitrogen and oxygen atoms in total. The molecule has 1 fully saturated rings. The van der Waals surface area contributed by atoms with Crippen LogP contribution in [0.1, 0.15) is 56.6 Å². The van der Waals surface area contributed by atoms with Crippen molar-refractivity contribution >= 4 is 29.3 Å². The molecular weight excluding hydrogens is 569 g/mol. The number of carbonyl (C=O) groups excluding carboxylic acids is 2. The van der Waals surface area contributed by atoms with E-state index in [1.807, 2.05) is 11.8 Å². The van der Waals surface area contributed by atoms with Crippen molar-refractivity contribution in [2.24, 2.45) is 0 Å². The highest BCUT2D eigenvalue weighted by atomic mass is 19.4. The highest BCUT2D eigenvalue weighted by Crippen LogP contribution is 2.37. The van der Waals surface area contributed by atoms with Gasteiger partial charge < -0.3 is 30.7 Å². The van der Waals surface area contributed by atoms with E-state index in [0.29, 0.717) is 31.6 Å². The van der Waals surface area contributed by atoms with Gasteiger partial charge in [-0.2, -0.15) is 13.2 Å². The Labute approximate surface area is 246 Å². The summed E-state index contributed by atoms with van der Waals surface area (Å²) in [4.78, 5) is 43.8. The van der Waals surface area contributed by atoms with Gasteiger partial charge >= 0.3 is 12.3 Å². The van der Waals surface area contributed by atoms with Crippen LogP contribution in [0.4, 0.5) is 35.3 Å². The fourth-order valence-electron chi connectivity index (χ4n) is 4.49. The zero-order valence-corrected chi connectivity index (χ0v) is 24.4. The lowest BCUT2D eigenvalue weighted by Gasteiger charge is -2.41. The highest BCUT2D eigenvalue weighted by molar-refractivity contribution is 6.06. The highest BCUT2D eigenvalue weighted by Gasteiger charge is 2.36. The number of ether oxygens (including phenoxy) is 2. The monoisotopic (exact) mass is 602 g/mol. The number of hydrogen-bond acceptors (Lipinski definition) is 10. The number of nitrogens with zero attached hydrogens (tertiary/aromatic N) is 5. The minimum Gasteiger partial charge on any atom is -0.481 e. The number of anilines is 3. The first-order valence-corrected chi connectivity index (χ1v) is 13.4. The average Bonchev–Trinajstić information content (AvgIpc) is 2.92. The van der Waals surface area contributed by atoms with Crippen LogP contribution >= 0.6 is 0 Å². The fourth-order valence-corrected chi connectivity index (χ4v) is 4.49. The van der Waals surface area contributed by atoms with Crippen molar-refractivity contribution in [2.45, 2.75) is 57.9 Å². The SMILES string of the molecule is COc1ccc(C(F)(F)F)c(-c2cnc(N)c(C(=O)Nc3ncccc3N3CCC(C)(NC(=O)OC(C)(C)C)CC3)n2)n1. The number of alkyl halides is 3. The molecule has 0 saturated carbocycles. The van der Waals surface area contributed by atoms with Crippen LogP contribution in [0, 0.1) is 0 Å². The number of nitrogens with two attached hydrogens (primary N) is 1. The third kappa shape index (κ3) is 7.59. The number of aromatic nitrogens is 4. The van der Waals surface area contributed by atoms with Crippen LogP contribution in [0.25, 0.3) is 11.4 Å². The predicted molar refractivity (Wildman–Crippen MR) is 153 cm³/mol. The van der Waals surface area contributed by atoms with Crippen LogP contribution in [0.2, 0.25) is 0 Å². The largest absolute Gasteiger partial charge is 0.481 e. The minimum absolute atomic E-state index is 0.0790. The van der Waals surface area contributed by atoms with E-state index < -0.39 is 46.3 Å². The number of piperidine rings is 1. The molecule has 43 heavy (non-hydrogen) atoms. The van der Waals surface area contributed by atoms with Crippen molar-refractivity contribution in [3.8, 4) is 17.3 Å². The van der Waals surface area contributed by atoms with E-state index in [2.05, 4.69) is 30.6 Å². The Balaban J connectivity index is 1.54. The van der Waals surface area contributed by atoms with Crippen LogP contribution in [-0.4, -0.2) is 63.3 Å². The van der Waals surface area contributed by atoms with Gasteiger partial charge in [0.25, 0.3) is 5.91 Å². The first-order chi connectivity index (χ1) is 20.1. The molecule has 1 aliphatic rings. The van der Waals surface area contributed by atoms with Gasteiger partial charge in [-0.15, -0.1) is 0 Å². The van der Waals surface area contributed by atoms with Crippen molar-refractivity contribution in [3.05, 3.63) is 47.9 Å². The van der Waals surface area contributed by atoms with E-state index in [1.165, 1.54) is 13.3 Å². The van der Waals surface area contributed by atoms with E-state index in [9.17, 15) is 22.8 Å². The Morgan fingerprint density at radius 3 is 2.40 bits per heavy atom. The molecule has 1 saturated heterocycles. The quantitative estimate of drug-likeness (QED) is 0.362. The van der Waals surface area contributed by atoms with Gasteiger partial charge in [0.2, 0.25) is 5.88 Å². The van der Waals surface area contributed by atoms with E-state index in [-0.39, 0.29) is 23.2 Å². The standard InChI is InChI=1S/C28H33F3N8O4/c1-26(2,3)43-25(41)38-27(4)10-13-39(14-11-27)18-7-6-12-33-23(18)37-24(40)21-22(32)34-15-17(35-21)20-16(28(29,30)31)8-9-19(36-20)42-5/h6-9,12,15H,10-11,13-14H2,1-5H3,(H2,32,34)(H,38,41)(H,33,37,40). The van der Waals surface area contributed by atoms with E-state index >= 15 is 0 Å². The zero-order chi connectivity index (χ0) is 31.6. The molecule has 230 valence electrons. The van der Waals surface area contributed by atoms with Crippen molar-refractivity contribution in [2.75, 3.05) is 36.1 Å². The first-order valence-electron chi connectivity index (χ1n) is 13.4. The third-order valence-corrected chi connectivity index (χ3v) is 6.67. The number of nitrogens with one attached hydrogen (secondary N) is 2. The zero-order valence-electron chi connectivity index (χ0n) is 24.4. The molecule has 15 heteroatoms. The van der Waals surface area contributed by atoms with Gasteiger partial charge in [0.15, 0.2) is 17.3 Å². The van der Waals surface area contributed by atoms with Gasteiger partial charge in [-0.3, -0.25) is 4.79 Å². The second kappa shape index (κ2) is 11.9. The Bertz CT molecular complexity index is 1500. The molecule has 4 heterocycles. The van der Waals surface area contributed by atoms with E-state index in [0.717, 1.165) is 18.3 Å². The van der Waals surface area contributed by atoms with Crippen molar-refractivity contribution in [1.82, 2.24) is 25.3 Å². The van der Waals surface area contributed by atoms with Crippen LogP contribution in [-0.2, 0) is 10.9 Å². The van der Waals surface area contributed by atoms with Gasteiger partial charge in [0.05, 0.1) is 24.6 Å². The average molecular weight is 603 g/mol. The number of alkyl carbamates (subject to hydrolysis) is 1. The van der Waals surface area contributed by atoms with Gasteiger partial charge in [-0.05, 0) is 58.7 Å². The molecule has 3 aromatic heterocycles. The number of pyridine rings is 2. The molecule has 0 atom stereocenters. The normalized spacial score (nSPS) is 15.0. The summed E-state index contributed by atoms with van der Waals surface area (Å²) in [6, 6.07) is 5.36. The second-order valence-corrected chi connectivity index (χ2v) is 11.2. The topological polar surface area (TPSA) is 157 Å². The Hall–Kier alpha value is -4.69. The van der Waals surface area contributed by atoms with Gasteiger partial charge in [0.1, 0.15) is 17.0 Å². The summed E-state index contributed by atoms with van der Waals surface area (Å²) >= 11 is 0. The fraction of sp³-hybridized carbons (Fsp3) is 0.429. The molecule has 0 aliphatic carbocycles. The molecule has 0 unspecified atom stereocenters. The van der Waals surface area contributed by atoms with Crippen LogP contribution in [0.3, 0.4) is 0 Å². The molecule has 0 aromatic carbocycles. The molecule has 4 N–H and O–H groups in total. The van der Waals surface area contributed by atoms with Gasteiger partial charge in [-0.25, -0.2) is 24.7 Å². The maximum atomic E-state index is 13.7. The minimum atomic E-state index is -4.75. The molecule has 1 aliphatic heterocycles. The molecule has 2 amide bonds. The summed E-state index contributed by atoms with van der Waals surface area (Å²) in [6.07, 6.45) is -1.58. The summed E-state index contributed by atoms with van der Waals surface area (Å²) in [5.41, 5.74) is 3.02. The van der Waals surface area contributed by atoms with Crippen LogP contribution in [0.5, 0.6) is 5.88 Å². The maximum Gasteiger partial charge on any atom is 0.418 e. The number of amides is 2. The maximum absolute atomic E-state index is 13.7. The molecule has 0 spiro atoms. The molecular formula is C28H33F3N8O4. The molecule has 0 bridgehead atoms. The summed E-state index contributed by atoms with van der Waals surface area (Å²) in [5.74, 6) is -1.00. The van der Waals surface area contributed by atoms with Crippen LogP contribution < -0.4 is 26.0 Å². The first kappa shape index (κ1) is 31.3. The summed E-state index contributed by atoms with van der Waals surface area (Å²) in [6.45, 7) is 8.37. The number of rotatable bonds is 6. The summed E-state index contributed by atoms with van der Waals surface area (Å²) < 4.78 is 51.5. The number of nitrogen functional groups attached to an aromatic ring is 1. The lowest BCUT2D eigenvalue weighted by atomic mass is 9.89. The van der Waals surface area contributed by atoms with Crippen molar-refractivity contribution < 1.29 is 32.2 Å². The number of carbonyl (C=O) groups is 2. The number of hydrogen-bond donors (Lipinski definition) is 3. The van der Waals surface area contributed by atoms with Gasteiger partial charge in [-0.1, -0.05) is 0 Å². The smallest absolute Gasteiger partial charge is 0.418 e. The van der Waals surface area contributed by atoms with Crippen molar-refractivity contribution in [1.29, 1.82) is 0 Å². The number of methoxy groups -OCH3 is 1. The lowest BCUT2D eigenvalue weighted by Crippen LogP contribution is -2.54. The summed E-state index contributed by atoms with van der Waals surface area (Å²) in [5, 5.41) is 5.61.